The number of nitrogens with zero attached hydrogens (tertiary/aromatic N) is 2. The predicted molar refractivity (Wildman–Crippen MR) is 79.2 cm³/mol. The lowest BCUT2D eigenvalue weighted by molar-refractivity contribution is 0.0794. The van der Waals surface area contributed by atoms with Gasteiger partial charge in [-0.15, -0.1) is 0 Å². The molecule has 1 aliphatic heterocycles. The van der Waals surface area contributed by atoms with Gasteiger partial charge in [-0.1, -0.05) is 30.3 Å². The molecule has 2 N–H and O–H groups in total. The van der Waals surface area contributed by atoms with Gasteiger partial charge in [0, 0.05) is 24.8 Å². The molecule has 1 aromatic carbocycles. The summed E-state index contributed by atoms with van der Waals surface area (Å²) in [5.74, 6) is 0.0150. The number of rotatable bonds is 2. The average Bonchev–Trinajstić information content (AvgIpc) is 3.01. The fourth-order valence-corrected chi connectivity index (χ4v) is 2.63. The highest BCUT2D eigenvalue weighted by molar-refractivity contribution is 6.05. The number of benzene rings is 1. The largest absolute Gasteiger partial charge is 0.397 e. The summed E-state index contributed by atoms with van der Waals surface area (Å²) in [5, 5.41) is 0. The van der Waals surface area contributed by atoms with E-state index >= 15 is 0 Å². The van der Waals surface area contributed by atoms with Crippen molar-refractivity contribution in [2.24, 2.45) is 0 Å². The fraction of sp³-hybridized carbons (Fsp3) is 0.250. The van der Waals surface area contributed by atoms with Gasteiger partial charge in [-0.05, 0) is 18.4 Å². The lowest BCUT2D eigenvalue weighted by Gasteiger charge is -2.19. The van der Waals surface area contributed by atoms with Gasteiger partial charge >= 0.3 is 0 Å². The molecule has 0 unspecified atom stereocenters. The summed E-state index contributed by atoms with van der Waals surface area (Å²) in [6.07, 6.45) is 5.40. The molecule has 4 heteroatoms. The minimum absolute atomic E-state index is 0.0150. The molecule has 0 radical (unpaired) electrons. The van der Waals surface area contributed by atoms with Gasteiger partial charge in [0.1, 0.15) is 0 Å². The number of amides is 1. The molecule has 1 amide bonds. The molecule has 4 nitrogen and oxygen atoms in total. The predicted octanol–water partition coefficient (Wildman–Crippen LogP) is 2.57. The summed E-state index contributed by atoms with van der Waals surface area (Å²) in [4.78, 5) is 18.7. The topological polar surface area (TPSA) is 59.2 Å². The molecule has 2 heterocycles. The highest BCUT2D eigenvalue weighted by atomic mass is 16.2. The molecule has 0 aliphatic carbocycles. The maximum absolute atomic E-state index is 12.7. The maximum Gasteiger partial charge on any atom is 0.256 e. The van der Waals surface area contributed by atoms with Crippen molar-refractivity contribution in [2.45, 2.75) is 12.8 Å². The van der Waals surface area contributed by atoms with E-state index in [1.165, 1.54) is 0 Å². The highest BCUT2D eigenvalue weighted by Crippen LogP contribution is 2.28. The summed E-state index contributed by atoms with van der Waals surface area (Å²) in [6, 6.07) is 9.78. The number of nitrogens with two attached hydrogens (primary N) is 1. The molecule has 0 bridgehead atoms. The normalized spacial score (nSPS) is 14.5. The highest BCUT2D eigenvalue weighted by Gasteiger charge is 2.24. The Morgan fingerprint density at radius 1 is 1.10 bits per heavy atom. The van der Waals surface area contributed by atoms with Crippen molar-refractivity contribution in [3.05, 3.63) is 48.3 Å². The van der Waals surface area contributed by atoms with Gasteiger partial charge in [0.15, 0.2) is 0 Å². The van der Waals surface area contributed by atoms with Gasteiger partial charge in [-0.25, -0.2) is 0 Å². The van der Waals surface area contributed by atoms with Crippen LogP contribution in [0.4, 0.5) is 5.69 Å². The lowest BCUT2D eigenvalue weighted by atomic mass is 10.00. The summed E-state index contributed by atoms with van der Waals surface area (Å²) >= 11 is 0. The quantitative estimate of drug-likeness (QED) is 0.909. The van der Waals surface area contributed by atoms with Gasteiger partial charge in [-0.3, -0.25) is 9.78 Å². The molecule has 1 aromatic heterocycles. The second-order valence-corrected chi connectivity index (χ2v) is 5.02. The van der Waals surface area contributed by atoms with Crippen LogP contribution in [0.3, 0.4) is 0 Å². The van der Waals surface area contributed by atoms with Crippen molar-refractivity contribution >= 4 is 11.6 Å². The molecule has 1 aliphatic rings. The second-order valence-electron chi connectivity index (χ2n) is 5.02. The summed E-state index contributed by atoms with van der Waals surface area (Å²) in [7, 11) is 0. The van der Waals surface area contributed by atoms with Crippen LogP contribution in [0.1, 0.15) is 23.2 Å². The molecule has 3 rings (SSSR count). The third kappa shape index (κ3) is 2.25. The van der Waals surface area contributed by atoms with Crippen LogP contribution in [0.25, 0.3) is 11.1 Å². The van der Waals surface area contributed by atoms with Gasteiger partial charge < -0.3 is 10.6 Å². The van der Waals surface area contributed by atoms with Crippen LogP contribution in [-0.4, -0.2) is 28.9 Å². The zero-order valence-electron chi connectivity index (χ0n) is 11.2. The molecule has 102 valence electrons. The number of carbonyl (C=O) groups is 1. The van der Waals surface area contributed by atoms with Crippen LogP contribution < -0.4 is 5.73 Å². The third-order valence-corrected chi connectivity index (χ3v) is 3.67. The number of nitrogen functional groups attached to an aromatic ring is 1. The number of carbonyl (C=O) groups excluding carboxylic acids is 1. The van der Waals surface area contributed by atoms with Gasteiger partial charge in [0.25, 0.3) is 5.91 Å². The lowest BCUT2D eigenvalue weighted by Crippen LogP contribution is -2.29. The van der Waals surface area contributed by atoms with Gasteiger partial charge in [-0.2, -0.15) is 0 Å². The van der Waals surface area contributed by atoms with Crippen molar-refractivity contribution in [2.75, 3.05) is 18.8 Å². The first-order valence-electron chi connectivity index (χ1n) is 6.85. The van der Waals surface area contributed by atoms with E-state index in [4.69, 9.17) is 5.73 Å². The zero-order valence-corrected chi connectivity index (χ0v) is 11.2. The van der Waals surface area contributed by atoms with E-state index in [1.807, 2.05) is 35.2 Å². The number of hydrogen-bond donors (Lipinski definition) is 1. The molecule has 2 aromatic rings. The molecule has 0 saturated carbocycles. The Labute approximate surface area is 118 Å². The van der Waals surface area contributed by atoms with Crippen LogP contribution in [0.15, 0.2) is 42.7 Å². The zero-order chi connectivity index (χ0) is 13.9. The van der Waals surface area contributed by atoms with Crippen LogP contribution in [0.2, 0.25) is 0 Å². The van der Waals surface area contributed by atoms with Crippen molar-refractivity contribution < 1.29 is 4.79 Å². The Morgan fingerprint density at radius 3 is 2.50 bits per heavy atom. The van der Waals surface area contributed by atoms with Crippen molar-refractivity contribution in [3.63, 3.8) is 0 Å². The monoisotopic (exact) mass is 267 g/mol. The van der Waals surface area contributed by atoms with Crippen LogP contribution in [0, 0.1) is 0 Å². The minimum atomic E-state index is 0.0150. The van der Waals surface area contributed by atoms with Crippen LogP contribution in [0.5, 0.6) is 0 Å². The molecule has 20 heavy (non-hydrogen) atoms. The first kappa shape index (κ1) is 12.7. The molecule has 0 atom stereocenters. The standard InChI is InChI=1S/C16H17N3O/c17-14-11-18-10-13(12-6-2-1-3-7-12)15(14)16(20)19-8-4-5-9-19/h1-3,6-7,10-11H,4-5,8-9,17H2. The molecule has 1 saturated heterocycles. The van der Waals surface area contributed by atoms with E-state index in [0.717, 1.165) is 37.1 Å². The average molecular weight is 267 g/mol. The molecular weight excluding hydrogens is 250 g/mol. The number of hydrogen-bond acceptors (Lipinski definition) is 3. The molecular formula is C16H17N3O. The maximum atomic E-state index is 12.7. The van der Waals surface area contributed by atoms with Crippen molar-refractivity contribution in [1.82, 2.24) is 9.88 Å². The fourth-order valence-electron chi connectivity index (χ4n) is 2.63. The van der Waals surface area contributed by atoms with Crippen LogP contribution >= 0.6 is 0 Å². The van der Waals surface area contributed by atoms with Crippen molar-refractivity contribution in [1.29, 1.82) is 0 Å². The Morgan fingerprint density at radius 2 is 1.80 bits per heavy atom. The summed E-state index contributed by atoms with van der Waals surface area (Å²) in [5.41, 5.74) is 8.82. The minimum Gasteiger partial charge on any atom is -0.397 e. The van der Waals surface area contributed by atoms with E-state index in [2.05, 4.69) is 4.98 Å². The van der Waals surface area contributed by atoms with E-state index in [0.29, 0.717) is 11.3 Å². The number of aromatic nitrogens is 1. The van der Waals surface area contributed by atoms with E-state index in [1.54, 1.807) is 12.4 Å². The second kappa shape index (κ2) is 5.33. The van der Waals surface area contributed by atoms with Crippen LogP contribution in [-0.2, 0) is 0 Å². The number of pyridine rings is 1. The summed E-state index contributed by atoms with van der Waals surface area (Å²) < 4.78 is 0. The number of anilines is 1. The van der Waals surface area contributed by atoms with E-state index in [-0.39, 0.29) is 5.91 Å². The third-order valence-electron chi connectivity index (χ3n) is 3.67. The Hall–Kier alpha value is -2.36. The summed E-state index contributed by atoms with van der Waals surface area (Å²) in [6.45, 7) is 1.63. The number of likely N-dealkylation sites (tertiary alicyclic amines) is 1. The van der Waals surface area contributed by atoms with Gasteiger partial charge in [0.05, 0.1) is 17.4 Å². The Balaban J connectivity index is 2.07. The van der Waals surface area contributed by atoms with Crippen molar-refractivity contribution in [3.8, 4) is 11.1 Å². The van der Waals surface area contributed by atoms with Gasteiger partial charge in [0.2, 0.25) is 0 Å². The smallest absolute Gasteiger partial charge is 0.256 e. The first-order valence-corrected chi connectivity index (χ1v) is 6.85. The Kier molecular flexibility index (Phi) is 3.37. The van der Waals surface area contributed by atoms with E-state index < -0.39 is 0 Å². The molecule has 1 fully saturated rings. The SMILES string of the molecule is Nc1cncc(-c2ccccc2)c1C(=O)N1CCCC1. The van der Waals surface area contributed by atoms with E-state index in [9.17, 15) is 4.79 Å². The molecule has 0 spiro atoms. The Bertz CT molecular complexity index is 619. The first-order chi connectivity index (χ1) is 9.77.